The lowest BCUT2D eigenvalue weighted by Gasteiger charge is -2.34. The number of ketones is 1. The molecule has 2 aromatic rings. The standard InChI is InChI=1S/C25H30N4O4S/c1-15-5-7-16(8-6-15)13-17-9-11-29(12-10-17)24(31)20-22(33-4)27-23-19(26-20)18(14-34-23)21(30)25(32)28(2)3/h5-8,14,17,22,27H,9-13H2,1-4H3. The summed E-state index contributed by atoms with van der Waals surface area (Å²) in [6.07, 6.45) is 2.14. The highest BCUT2D eigenvalue weighted by atomic mass is 32.1. The summed E-state index contributed by atoms with van der Waals surface area (Å²) in [6.45, 7) is 3.38. The number of piperidine rings is 1. The Kier molecular flexibility index (Phi) is 7.13. The number of amides is 2. The van der Waals surface area contributed by atoms with Gasteiger partial charge in [0.15, 0.2) is 11.9 Å². The molecule has 0 saturated carbocycles. The maximum atomic E-state index is 13.4. The minimum Gasteiger partial charge on any atom is -0.356 e. The summed E-state index contributed by atoms with van der Waals surface area (Å²) in [7, 11) is 4.56. The molecule has 1 N–H and O–H groups in total. The Balaban J connectivity index is 1.48. The predicted molar refractivity (Wildman–Crippen MR) is 133 cm³/mol. The number of hydrogen-bond acceptors (Lipinski definition) is 7. The Morgan fingerprint density at radius 2 is 1.85 bits per heavy atom. The number of thiophene rings is 1. The van der Waals surface area contributed by atoms with E-state index in [9.17, 15) is 14.4 Å². The number of fused-ring (bicyclic) bond motifs is 1. The smallest absolute Gasteiger partial charge is 0.294 e. The molecule has 4 rings (SSSR count). The molecule has 1 fully saturated rings. The fraction of sp³-hybridized carbons (Fsp3) is 0.440. The van der Waals surface area contributed by atoms with Crippen LogP contribution >= 0.6 is 11.3 Å². The van der Waals surface area contributed by atoms with Crippen LogP contribution in [-0.2, 0) is 20.7 Å². The van der Waals surface area contributed by atoms with E-state index in [0.717, 1.165) is 19.3 Å². The van der Waals surface area contributed by atoms with E-state index in [2.05, 4.69) is 41.5 Å². The van der Waals surface area contributed by atoms with Crippen LogP contribution in [0.1, 0.15) is 34.3 Å². The molecule has 180 valence electrons. The van der Waals surface area contributed by atoms with E-state index in [1.165, 1.54) is 48.6 Å². The number of methoxy groups -OCH3 is 1. The molecule has 0 aliphatic carbocycles. The fourth-order valence-electron chi connectivity index (χ4n) is 4.30. The lowest BCUT2D eigenvalue weighted by molar-refractivity contribution is -0.126. The van der Waals surface area contributed by atoms with Gasteiger partial charge in [0.05, 0.1) is 5.56 Å². The van der Waals surface area contributed by atoms with Crippen LogP contribution in [0.25, 0.3) is 0 Å². The van der Waals surface area contributed by atoms with Crippen LogP contribution in [-0.4, -0.2) is 73.6 Å². The first-order valence-electron chi connectivity index (χ1n) is 11.4. The minimum atomic E-state index is -0.712. The van der Waals surface area contributed by atoms with Gasteiger partial charge in [-0.1, -0.05) is 29.8 Å². The zero-order chi connectivity index (χ0) is 24.4. The first-order chi connectivity index (χ1) is 16.3. The number of aryl methyl sites for hydroxylation is 1. The van der Waals surface area contributed by atoms with Crippen molar-refractivity contribution in [3.05, 3.63) is 46.3 Å². The zero-order valence-corrected chi connectivity index (χ0v) is 20.8. The molecule has 1 atom stereocenters. The third kappa shape index (κ3) is 4.90. The number of carbonyl (C=O) groups excluding carboxylic acids is 3. The first kappa shape index (κ1) is 24.1. The second-order valence-corrected chi connectivity index (χ2v) is 9.92. The number of likely N-dealkylation sites (tertiary alicyclic amines) is 1. The summed E-state index contributed by atoms with van der Waals surface area (Å²) >= 11 is 1.27. The highest BCUT2D eigenvalue weighted by Gasteiger charge is 2.36. The third-order valence-corrected chi connectivity index (χ3v) is 7.25. The van der Waals surface area contributed by atoms with Crippen molar-refractivity contribution < 1.29 is 19.1 Å². The second-order valence-electron chi connectivity index (χ2n) is 9.04. The first-order valence-corrected chi connectivity index (χ1v) is 12.3. The zero-order valence-electron chi connectivity index (χ0n) is 20.0. The maximum Gasteiger partial charge on any atom is 0.294 e. The van der Waals surface area contributed by atoms with Gasteiger partial charge >= 0.3 is 0 Å². The SMILES string of the molecule is COC1Nc2scc(C(=O)C(=O)N(C)C)c2N=C1C(=O)N1CCC(Cc2ccc(C)cc2)CC1. The van der Waals surface area contributed by atoms with Crippen LogP contribution in [0.15, 0.2) is 34.6 Å². The van der Waals surface area contributed by atoms with Crippen molar-refractivity contribution >= 4 is 45.3 Å². The molecule has 0 radical (unpaired) electrons. The van der Waals surface area contributed by atoms with E-state index >= 15 is 0 Å². The van der Waals surface area contributed by atoms with Crippen molar-refractivity contribution in [2.45, 2.75) is 32.4 Å². The molecule has 2 amide bonds. The van der Waals surface area contributed by atoms with Gasteiger partial charge < -0.3 is 19.9 Å². The molecule has 2 aliphatic rings. The minimum absolute atomic E-state index is 0.197. The van der Waals surface area contributed by atoms with E-state index in [1.54, 1.807) is 5.38 Å². The molecule has 1 aromatic carbocycles. The van der Waals surface area contributed by atoms with E-state index < -0.39 is 17.9 Å². The number of anilines is 1. The van der Waals surface area contributed by atoms with Crippen molar-refractivity contribution in [3.8, 4) is 0 Å². The average Bonchev–Trinajstić information content (AvgIpc) is 3.26. The van der Waals surface area contributed by atoms with Gasteiger partial charge in [-0.2, -0.15) is 0 Å². The molecule has 9 heteroatoms. The Labute approximate surface area is 203 Å². The van der Waals surface area contributed by atoms with Gasteiger partial charge in [0.1, 0.15) is 10.7 Å². The van der Waals surface area contributed by atoms with E-state index in [4.69, 9.17) is 4.74 Å². The Hall–Kier alpha value is -3.04. The molecule has 3 heterocycles. The lowest BCUT2D eigenvalue weighted by Crippen LogP contribution is -2.48. The second kappa shape index (κ2) is 10.1. The van der Waals surface area contributed by atoms with Crippen LogP contribution < -0.4 is 5.32 Å². The van der Waals surface area contributed by atoms with Crippen LogP contribution in [0.3, 0.4) is 0 Å². The molecular formula is C25H30N4O4S. The summed E-state index contributed by atoms with van der Waals surface area (Å²) in [6, 6.07) is 8.63. The molecule has 0 spiro atoms. The highest BCUT2D eigenvalue weighted by molar-refractivity contribution is 7.15. The fourth-order valence-corrected chi connectivity index (χ4v) is 5.20. The number of carbonyl (C=O) groups is 3. The van der Waals surface area contributed by atoms with Gasteiger partial charge in [0.25, 0.3) is 17.6 Å². The van der Waals surface area contributed by atoms with E-state index in [-0.39, 0.29) is 17.2 Å². The molecule has 0 bridgehead atoms. The van der Waals surface area contributed by atoms with Crippen molar-refractivity contribution in [2.24, 2.45) is 10.9 Å². The Morgan fingerprint density at radius 1 is 1.18 bits per heavy atom. The van der Waals surface area contributed by atoms with Crippen LogP contribution in [0.5, 0.6) is 0 Å². The number of rotatable bonds is 6. The van der Waals surface area contributed by atoms with E-state index in [0.29, 0.717) is 29.7 Å². The normalized spacial score (nSPS) is 18.1. The monoisotopic (exact) mass is 482 g/mol. The van der Waals surface area contributed by atoms with Crippen molar-refractivity contribution in [1.29, 1.82) is 0 Å². The summed E-state index contributed by atoms with van der Waals surface area (Å²) in [5, 5.41) is 5.35. The van der Waals surface area contributed by atoms with Crippen LogP contribution in [0.4, 0.5) is 10.7 Å². The van der Waals surface area contributed by atoms with Gasteiger partial charge in [-0.3, -0.25) is 14.4 Å². The summed E-state index contributed by atoms with van der Waals surface area (Å²) < 4.78 is 5.49. The molecular weight excluding hydrogens is 452 g/mol. The van der Waals surface area contributed by atoms with Gasteiger partial charge in [-0.05, 0) is 37.7 Å². The molecule has 1 aromatic heterocycles. The van der Waals surface area contributed by atoms with Crippen LogP contribution in [0, 0.1) is 12.8 Å². The summed E-state index contributed by atoms with van der Waals surface area (Å²) in [5.41, 5.74) is 3.31. The van der Waals surface area contributed by atoms with Crippen molar-refractivity contribution in [1.82, 2.24) is 9.80 Å². The summed E-state index contributed by atoms with van der Waals surface area (Å²) in [5.74, 6) is -0.954. The maximum absolute atomic E-state index is 13.4. The topological polar surface area (TPSA) is 91.3 Å². The number of hydrogen-bond donors (Lipinski definition) is 1. The number of benzene rings is 1. The number of likely N-dealkylation sites (N-methyl/N-ethyl adjacent to an activating group) is 1. The van der Waals surface area contributed by atoms with Gasteiger partial charge in [-0.15, -0.1) is 11.3 Å². The number of ether oxygens (including phenoxy) is 1. The molecule has 1 unspecified atom stereocenters. The largest absolute Gasteiger partial charge is 0.356 e. The number of Topliss-reactive ketones (excluding diaryl/α,β-unsaturated/α-hetero) is 1. The highest BCUT2D eigenvalue weighted by Crippen LogP contribution is 2.40. The average molecular weight is 483 g/mol. The molecule has 2 aliphatic heterocycles. The van der Waals surface area contributed by atoms with E-state index in [1.807, 2.05) is 4.90 Å². The summed E-state index contributed by atoms with van der Waals surface area (Å²) in [4.78, 5) is 45.8. The molecule has 34 heavy (non-hydrogen) atoms. The van der Waals surface area contributed by atoms with Crippen molar-refractivity contribution in [2.75, 3.05) is 39.6 Å². The van der Waals surface area contributed by atoms with Gasteiger partial charge in [0.2, 0.25) is 0 Å². The number of nitrogens with zero attached hydrogens (tertiary/aromatic N) is 3. The molecule has 1 saturated heterocycles. The number of nitrogens with one attached hydrogen (secondary N) is 1. The Morgan fingerprint density at radius 3 is 2.47 bits per heavy atom. The van der Waals surface area contributed by atoms with Crippen molar-refractivity contribution in [3.63, 3.8) is 0 Å². The van der Waals surface area contributed by atoms with Gasteiger partial charge in [0, 0.05) is 39.7 Å². The van der Waals surface area contributed by atoms with Gasteiger partial charge in [-0.25, -0.2) is 4.99 Å². The number of aliphatic imine (C=N–C) groups is 1. The van der Waals surface area contributed by atoms with Crippen LogP contribution in [0.2, 0.25) is 0 Å². The third-order valence-electron chi connectivity index (χ3n) is 6.35. The lowest BCUT2D eigenvalue weighted by atomic mass is 9.89. The quantitative estimate of drug-likeness (QED) is 0.504. The Bertz CT molecular complexity index is 1110. The molecule has 8 nitrogen and oxygen atoms in total. The predicted octanol–water partition coefficient (Wildman–Crippen LogP) is 3.28.